The summed E-state index contributed by atoms with van der Waals surface area (Å²) in [6.45, 7) is 6.19. The number of halogens is 1. The summed E-state index contributed by atoms with van der Waals surface area (Å²) < 4.78 is 23.9. The van der Waals surface area contributed by atoms with Crippen LogP contribution in [0.1, 0.15) is 43.4 Å². The van der Waals surface area contributed by atoms with E-state index in [9.17, 15) is 4.57 Å². The number of hydrogen-bond donors (Lipinski definition) is 3. The van der Waals surface area contributed by atoms with Gasteiger partial charge in [-0.2, -0.15) is 0 Å². The molecule has 0 aliphatic heterocycles. The molecule has 0 bridgehead atoms. The minimum atomic E-state index is -3.94. The fourth-order valence-corrected chi connectivity index (χ4v) is 5.05. The molecule has 1 aromatic heterocycles. The van der Waals surface area contributed by atoms with Gasteiger partial charge < -0.3 is 24.3 Å². The fraction of sp³-hybridized carbons (Fsp3) is 0.407. The van der Waals surface area contributed by atoms with E-state index < -0.39 is 7.60 Å². The summed E-state index contributed by atoms with van der Waals surface area (Å²) in [4.78, 5) is 17.9. The summed E-state index contributed by atoms with van der Waals surface area (Å²) in [5.74, 6) is 2.15. The number of rotatable bonds is 14. The van der Waals surface area contributed by atoms with Crippen molar-refractivity contribution >= 4 is 23.5 Å². The fourth-order valence-electron chi connectivity index (χ4n) is 3.89. The minimum absolute atomic E-state index is 0.108. The quantitative estimate of drug-likeness (QED) is 0.151. The van der Waals surface area contributed by atoms with Gasteiger partial charge in [-0.15, -0.1) is 0 Å². The average molecular weight is 564 g/mol. The summed E-state index contributed by atoms with van der Waals surface area (Å²) in [6.07, 6.45) is 4.87. The molecule has 1 heterocycles. The molecule has 0 amide bonds. The van der Waals surface area contributed by atoms with E-state index in [1.54, 1.807) is 6.26 Å². The van der Waals surface area contributed by atoms with Gasteiger partial charge in [0.1, 0.15) is 11.5 Å². The second-order valence-electron chi connectivity index (χ2n) is 9.20. The van der Waals surface area contributed by atoms with Gasteiger partial charge in [0.15, 0.2) is 0 Å². The predicted octanol–water partition coefficient (Wildman–Crippen LogP) is 6.58. The Labute approximate surface area is 216 Å². The van der Waals surface area contributed by atoms with Crippen molar-refractivity contribution in [3.05, 3.63) is 76.0 Å². The van der Waals surface area contributed by atoms with Crippen molar-refractivity contribution in [3.8, 4) is 17.1 Å². The molecular weight excluding hydrogens is 529 g/mol. The molecular formula is C27H35BrNO5P. The Balaban J connectivity index is 1.55. The van der Waals surface area contributed by atoms with Gasteiger partial charge in [-0.25, -0.2) is 0 Å². The summed E-state index contributed by atoms with van der Waals surface area (Å²) in [7, 11) is -3.94. The molecule has 3 rings (SSSR count). The molecule has 0 saturated heterocycles. The van der Waals surface area contributed by atoms with Crippen molar-refractivity contribution in [2.24, 2.45) is 5.92 Å². The number of ether oxygens (including phenoxy) is 1. The van der Waals surface area contributed by atoms with Crippen LogP contribution in [0.2, 0.25) is 0 Å². The Morgan fingerprint density at radius 2 is 1.89 bits per heavy atom. The van der Waals surface area contributed by atoms with E-state index >= 15 is 0 Å². The van der Waals surface area contributed by atoms with Crippen LogP contribution in [0, 0.1) is 5.92 Å². The van der Waals surface area contributed by atoms with Crippen LogP contribution < -0.4 is 10.1 Å². The Morgan fingerprint density at radius 3 is 2.57 bits per heavy atom. The maximum absolute atomic E-state index is 11.0. The number of furan rings is 1. The Morgan fingerprint density at radius 1 is 1.09 bits per heavy atom. The molecule has 0 radical (unpaired) electrons. The molecule has 3 N–H and O–H groups in total. The van der Waals surface area contributed by atoms with Crippen molar-refractivity contribution in [1.29, 1.82) is 0 Å². The number of nitrogens with one attached hydrogen (secondary N) is 1. The van der Waals surface area contributed by atoms with Gasteiger partial charge >= 0.3 is 7.60 Å². The van der Waals surface area contributed by atoms with Crippen molar-refractivity contribution in [1.82, 2.24) is 5.32 Å². The zero-order valence-electron chi connectivity index (χ0n) is 20.4. The summed E-state index contributed by atoms with van der Waals surface area (Å²) >= 11 is 3.71. The highest BCUT2D eigenvalue weighted by Crippen LogP contribution is 2.34. The van der Waals surface area contributed by atoms with Crippen molar-refractivity contribution < 1.29 is 23.5 Å². The van der Waals surface area contributed by atoms with Crippen molar-refractivity contribution in [2.45, 2.75) is 46.1 Å². The van der Waals surface area contributed by atoms with E-state index in [0.29, 0.717) is 32.0 Å². The summed E-state index contributed by atoms with van der Waals surface area (Å²) in [5, 5.41) is 3.24. The smallest absolute Gasteiger partial charge is 0.325 e. The molecule has 0 aliphatic rings. The van der Waals surface area contributed by atoms with Gasteiger partial charge in [-0.1, -0.05) is 48.0 Å². The van der Waals surface area contributed by atoms with Crippen molar-refractivity contribution in [3.63, 3.8) is 0 Å². The Bertz CT molecular complexity index is 1110. The molecule has 0 fully saturated rings. The highest BCUT2D eigenvalue weighted by Gasteiger charge is 2.13. The summed E-state index contributed by atoms with van der Waals surface area (Å²) in [5.41, 5.74) is 4.58. The van der Waals surface area contributed by atoms with Gasteiger partial charge in [0.05, 0.1) is 24.6 Å². The molecule has 8 heteroatoms. The van der Waals surface area contributed by atoms with E-state index in [1.165, 1.54) is 15.6 Å². The average Bonchev–Trinajstić information content (AvgIpc) is 3.32. The van der Waals surface area contributed by atoms with Gasteiger partial charge in [0.25, 0.3) is 0 Å². The highest BCUT2D eigenvalue weighted by atomic mass is 79.9. The van der Waals surface area contributed by atoms with E-state index in [0.717, 1.165) is 41.9 Å². The normalized spacial score (nSPS) is 11.8. The predicted molar refractivity (Wildman–Crippen MR) is 144 cm³/mol. The lowest BCUT2D eigenvalue weighted by atomic mass is 10.0. The zero-order chi connectivity index (χ0) is 25.3. The Hall–Kier alpha value is -1.89. The second-order valence-corrected chi connectivity index (χ2v) is 11.8. The van der Waals surface area contributed by atoms with Crippen LogP contribution in [0.15, 0.2) is 63.7 Å². The standard InChI is InChI=1S/C27H35BrNO5P/c1-20(2)16-23-10-8-21(18-25(23)28)6-3-13-34-27-11-9-22(17-24(27)26-7-4-14-33-26)19-29-12-5-15-35(30,31)32/h4,7-11,14,17-18,20,29H,3,5-6,12-13,15-16,19H2,1-2H3,(H2,30,31,32). The van der Waals surface area contributed by atoms with Crippen LogP contribution in [-0.4, -0.2) is 29.1 Å². The molecule has 6 nitrogen and oxygen atoms in total. The Kier molecular flexibility index (Phi) is 10.6. The number of aryl methyl sites for hydroxylation is 1. The third kappa shape index (κ3) is 9.59. The van der Waals surface area contributed by atoms with E-state index in [-0.39, 0.29) is 6.16 Å². The molecule has 190 valence electrons. The van der Waals surface area contributed by atoms with Crippen LogP contribution in [0.25, 0.3) is 11.3 Å². The van der Waals surface area contributed by atoms with E-state index in [1.807, 2.05) is 30.3 Å². The van der Waals surface area contributed by atoms with Gasteiger partial charge in [-0.05, 0) is 85.2 Å². The maximum Gasteiger partial charge on any atom is 0.325 e. The van der Waals surface area contributed by atoms with Crippen LogP contribution >= 0.6 is 23.5 Å². The molecule has 0 saturated carbocycles. The first kappa shape index (κ1) is 27.7. The van der Waals surface area contributed by atoms with Crippen molar-refractivity contribution in [2.75, 3.05) is 19.3 Å². The largest absolute Gasteiger partial charge is 0.493 e. The van der Waals surface area contributed by atoms with Gasteiger partial charge in [0, 0.05) is 11.0 Å². The third-order valence-corrected chi connectivity index (χ3v) is 7.21. The van der Waals surface area contributed by atoms with Crippen LogP contribution in [0.4, 0.5) is 0 Å². The maximum atomic E-state index is 11.0. The van der Waals surface area contributed by atoms with Crippen LogP contribution in [-0.2, 0) is 24.0 Å². The lowest BCUT2D eigenvalue weighted by Gasteiger charge is -2.13. The highest BCUT2D eigenvalue weighted by molar-refractivity contribution is 9.10. The molecule has 0 aliphatic carbocycles. The van der Waals surface area contributed by atoms with Crippen LogP contribution in [0.5, 0.6) is 5.75 Å². The third-order valence-electron chi connectivity index (χ3n) is 5.58. The molecule has 0 unspecified atom stereocenters. The van der Waals surface area contributed by atoms with Gasteiger partial charge in [-0.3, -0.25) is 4.57 Å². The first-order valence-corrected chi connectivity index (χ1v) is 14.6. The number of benzene rings is 2. The minimum Gasteiger partial charge on any atom is -0.493 e. The van der Waals surface area contributed by atoms with Crippen LogP contribution in [0.3, 0.4) is 0 Å². The SMILES string of the molecule is CC(C)Cc1ccc(CCCOc2ccc(CNCCCP(=O)(O)O)cc2-c2ccco2)cc1Br. The molecule has 3 aromatic rings. The monoisotopic (exact) mass is 563 g/mol. The van der Waals surface area contributed by atoms with E-state index in [2.05, 4.69) is 53.3 Å². The molecule has 0 atom stereocenters. The molecule has 2 aromatic carbocycles. The zero-order valence-corrected chi connectivity index (χ0v) is 22.9. The second kappa shape index (κ2) is 13.4. The molecule has 35 heavy (non-hydrogen) atoms. The number of hydrogen-bond acceptors (Lipinski definition) is 4. The van der Waals surface area contributed by atoms with E-state index in [4.69, 9.17) is 18.9 Å². The lowest BCUT2D eigenvalue weighted by Crippen LogP contribution is -2.16. The van der Waals surface area contributed by atoms with Gasteiger partial charge in [0.2, 0.25) is 0 Å². The first-order valence-electron chi connectivity index (χ1n) is 12.0. The lowest BCUT2D eigenvalue weighted by molar-refractivity contribution is 0.311. The topological polar surface area (TPSA) is 91.9 Å². The first-order chi connectivity index (χ1) is 16.7. The summed E-state index contributed by atoms with van der Waals surface area (Å²) in [6, 6.07) is 16.4. The molecule has 0 spiro atoms.